The Hall–Kier alpha value is -1.85. The van der Waals surface area contributed by atoms with Gasteiger partial charge in [-0.05, 0) is 53.4 Å². The fourth-order valence-electron chi connectivity index (χ4n) is 3.06. The van der Waals surface area contributed by atoms with Crippen molar-refractivity contribution in [1.29, 1.82) is 0 Å². The molecule has 1 aliphatic carbocycles. The van der Waals surface area contributed by atoms with Crippen LogP contribution in [0.25, 0.3) is 0 Å². The summed E-state index contributed by atoms with van der Waals surface area (Å²) in [5.74, 6) is -1.11. The number of amides is 1. The van der Waals surface area contributed by atoms with Gasteiger partial charge in [-0.1, -0.05) is 0 Å². The topological polar surface area (TPSA) is 84.2 Å². The first kappa shape index (κ1) is 16.5. The van der Waals surface area contributed by atoms with Crippen molar-refractivity contribution in [1.82, 2.24) is 15.1 Å². The summed E-state index contributed by atoms with van der Waals surface area (Å²) in [4.78, 5) is 23.4. The van der Waals surface area contributed by atoms with Gasteiger partial charge < -0.3 is 10.4 Å². The zero-order valence-electron chi connectivity index (χ0n) is 13.7. The summed E-state index contributed by atoms with van der Waals surface area (Å²) in [5, 5.41) is 16.3. The molecule has 0 aliphatic heterocycles. The van der Waals surface area contributed by atoms with E-state index in [1.807, 2.05) is 32.4 Å². The lowest BCUT2D eigenvalue weighted by Gasteiger charge is -2.27. The second kappa shape index (κ2) is 6.10. The molecule has 6 heteroatoms. The van der Waals surface area contributed by atoms with Crippen LogP contribution in [0.3, 0.4) is 0 Å². The lowest BCUT2D eigenvalue weighted by atomic mass is 9.86. The molecule has 1 aromatic rings. The maximum atomic E-state index is 12.4. The fraction of sp³-hybridized carbons (Fsp3) is 0.688. The minimum absolute atomic E-state index is 0.0560. The average molecular weight is 307 g/mol. The van der Waals surface area contributed by atoms with Gasteiger partial charge >= 0.3 is 5.97 Å². The van der Waals surface area contributed by atoms with Crippen LogP contribution in [0.2, 0.25) is 0 Å². The SMILES string of the molecule is Cc1c(C(=O)NC2CCC(C(=O)O)CC2)cnn1C(C)(C)C. The van der Waals surface area contributed by atoms with Crippen LogP contribution in [0.4, 0.5) is 0 Å². The van der Waals surface area contributed by atoms with Gasteiger partial charge in [0.2, 0.25) is 0 Å². The third kappa shape index (κ3) is 3.48. The van der Waals surface area contributed by atoms with E-state index in [1.165, 1.54) is 0 Å². The maximum Gasteiger partial charge on any atom is 0.306 e. The molecule has 2 rings (SSSR count). The van der Waals surface area contributed by atoms with Crippen LogP contribution in [0, 0.1) is 12.8 Å². The Bertz CT molecular complexity index is 564. The molecule has 1 aliphatic rings. The summed E-state index contributed by atoms with van der Waals surface area (Å²) < 4.78 is 1.85. The Morgan fingerprint density at radius 1 is 1.27 bits per heavy atom. The Balaban J connectivity index is 1.99. The molecule has 22 heavy (non-hydrogen) atoms. The van der Waals surface area contributed by atoms with Gasteiger partial charge in [-0.3, -0.25) is 14.3 Å². The molecule has 2 N–H and O–H groups in total. The van der Waals surface area contributed by atoms with E-state index in [9.17, 15) is 9.59 Å². The van der Waals surface area contributed by atoms with Gasteiger partial charge in [0.15, 0.2) is 0 Å². The minimum atomic E-state index is -0.730. The number of carbonyl (C=O) groups is 2. The maximum absolute atomic E-state index is 12.4. The predicted molar refractivity (Wildman–Crippen MR) is 82.8 cm³/mol. The summed E-state index contributed by atoms with van der Waals surface area (Å²) in [6, 6.07) is 0.0560. The normalized spacial score (nSPS) is 22.4. The van der Waals surface area contributed by atoms with Gasteiger partial charge in [0.25, 0.3) is 5.91 Å². The van der Waals surface area contributed by atoms with Crippen molar-refractivity contribution < 1.29 is 14.7 Å². The van der Waals surface area contributed by atoms with Crippen LogP contribution in [-0.2, 0) is 10.3 Å². The smallest absolute Gasteiger partial charge is 0.306 e. The van der Waals surface area contributed by atoms with Gasteiger partial charge in [-0.25, -0.2) is 0 Å². The van der Waals surface area contributed by atoms with Crippen molar-refractivity contribution in [2.45, 2.75) is 65.0 Å². The number of rotatable bonds is 3. The van der Waals surface area contributed by atoms with Crippen molar-refractivity contribution >= 4 is 11.9 Å². The van der Waals surface area contributed by atoms with Gasteiger partial charge in [-0.2, -0.15) is 5.10 Å². The second-order valence-electron chi connectivity index (χ2n) is 7.09. The summed E-state index contributed by atoms with van der Waals surface area (Å²) in [7, 11) is 0. The van der Waals surface area contributed by atoms with E-state index in [0.717, 1.165) is 18.5 Å². The number of aliphatic carboxylic acids is 1. The Labute approximate surface area is 130 Å². The molecular weight excluding hydrogens is 282 g/mol. The van der Waals surface area contributed by atoms with E-state index in [4.69, 9.17) is 5.11 Å². The fourth-order valence-corrected chi connectivity index (χ4v) is 3.06. The zero-order chi connectivity index (χ0) is 16.5. The van der Waals surface area contributed by atoms with E-state index in [0.29, 0.717) is 18.4 Å². The number of hydrogen-bond acceptors (Lipinski definition) is 3. The molecule has 0 spiro atoms. The highest BCUT2D eigenvalue weighted by Gasteiger charge is 2.28. The molecule has 1 saturated carbocycles. The third-order valence-corrected chi connectivity index (χ3v) is 4.30. The van der Waals surface area contributed by atoms with Gasteiger partial charge in [0, 0.05) is 11.7 Å². The van der Waals surface area contributed by atoms with Crippen molar-refractivity contribution in [2.75, 3.05) is 0 Å². The molecule has 6 nitrogen and oxygen atoms in total. The minimum Gasteiger partial charge on any atom is -0.481 e. The Morgan fingerprint density at radius 2 is 1.86 bits per heavy atom. The highest BCUT2D eigenvalue weighted by molar-refractivity contribution is 5.95. The van der Waals surface area contributed by atoms with Gasteiger partial charge in [-0.15, -0.1) is 0 Å². The molecule has 0 unspecified atom stereocenters. The molecule has 1 aromatic heterocycles. The number of carboxylic acids is 1. The predicted octanol–water partition coefficient (Wildman–Crippen LogP) is 2.32. The standard InChI is InChI=1S/C16H25N3O3/c1-10-13(9-17-19(10)16(2,3)4)14(20)18-12-7-5-11(6-8-12)15(21)22/h9,11-12H,5-8H2,1-4H3,(H,18,20)(H,21,22). The molecular formula is C16H25N3O3. The molecule has 0 radical (unpaired) electrons. The number of hydrogen-bond donors (Lipinski definition) is 2. The first-order valence-electron chi connectivity index (χ1n) is 7.79. The molecule has 1 amide bonds. The molecule has 0 aromatic carbocycles. The first-order chi connectivity index (χ1) is 10.2. The number of aromatic nitrogens is 2. The summed E-state index contributed by atoms with van der Waals surface area (Å²) in [6.45, 7) is 8.03. The van der Waals surface area contributed by atoms with Crippen LogP contribution in [0.1, 0.15) is 62.5 Å². The van der Waals surface area contributed by atoms with Crippen molar-refractivity contribution in [2.24, 2.45) is 5.92 Å². The summed E-state index contributed by atoms with van der Waals surface area (Å²) in [6.07, 6.45) is 4.30. The lowest BCUT2D eigenvalue weighted by molar-refractivity contribution is -0.142. The Kier molecular flexibility index (Phi) is 4.58. The molecule has 1 heterocycles. The first-order valence-corrected chi connectivity index (χ1v) is 7.79. The van der Waals surface area contributed by atoms with Crippen LogP contribution in [0.15, 0.2) is 6.20 Å². The number of nitrogens with one attached hydrogen (secondary N) is 1. The van der Waals surface area contributed by atoms with E-state index < -0.39 is 5.97 Å². The van der Waals surface area contributed by atoms with Crippen LogP contribution < -0.4 is 5.32 Å². The monoisotopic (exact) mass is 307 g/mol. The second-order valence-corrected chi connectivity index (χ2v) is 7.09. The lowest BCUT2D eigenvalue weighted by Crippen LogP contribution is -2.39. The highest BCUT2D eigenvalue weighted by Crippen LogP contribution is 2.25. The zero-order valence-corrected chi connectivity index (χ0v) is 13.7. The van der Waals surface area contributed by atoms with Crippen molar-refractivity contribution in [3.63, 3.8) is 0 Å². The largest absolute Gasteiger partial charge is 0.481 e. The Morgan fingerprint density at radius 3 is 2.32 bits per heavy atom. The van der Waals surface area contributed by atoms with E-state index in [2.05, 4.69) is 10.4 Å². The summed E-state index contributed by atoms with van der Waals surface area (Å²) in [5.41, 5.74) is 1.28. The molecule has 122 valence electrons. The number of carboxylic acid groups (broad SMARTS) is 1. The number of carbonyl (C=O) groups excluding carboxylic acids is 1. The highest BCUT2D eigenvalue weighted by atomic mass is 16.4. The van der Waals surface area contributed by atoms with E-state index in [1.54, 1.807) is 6.20 Å². The van der Waals surface area contributed by atoms with Crippen molar-refractivity contribution in [3.8, 4) is 0 Å². The van der Waals surface area contributed by atoms with E-state index in [-0.39, 0.29) is 23.4 Å². The van der Waals surface area contributed by atoms with Gasteiger partial charge in [0.1, 0.15) is 0 Å². The summed E-state index contributed by atoms with van der Waals surface area (Å²) >= 11 is 0. The van der Waals surface area contributed by atoms with Crippen LogP contribution in [-0.4, -0.2) is 32.8 Å². The van der Waals surface area contributed by atoms with Crippen LogP contribution in [0.5, 0.6) is 0 Å². The van der Waals surface area contributed by atoms with Crippen LogP contribution >= 0.6 is 0 Å². The molecule has 0 saturated heterocycles. The molecule has 0 bridgehead atoms. The quantitative estimate of drug-likeness (QED) is 0.897. The molecule has 0 atom stereocenters. The molecule has 1 fully saturated rings. The average Bonchev–Trinajstić information content (AvgIpc) is 2.81. The number of nitrogens with zero attached hydrogens (tertiary/aromatic N) is 2. The van der Waals surface area contributed by atoms with Crippen molar-refractivity contribution in [3.05, 3.63) is 17.5 Å². The van der Waals surface area contributed by atoms with E-state index >= 15 is 0 Å². The van der Waals surface area contributed by atoms with Gasteiger partial charge in [0.05, 0.1) is 23.2 Å². The third-order valence-electron chi connectivity index (χ3n) is 4.30.